The van der Waals surface area contributed by atoms with E-state index in [4.69, 9.17) is 4.98 Å². The summed E-state index contributed by atoms with van der Waals surface area (Å²) in [5.41, 5.74) is 3.10. The number of hydrogen-bond acceptors (Lipinski definition) is 7. The van der Waals surface area contributed by atoms with Crippen molar-refractivity contribution < 1.29 is 19.5 Å². The molecule has 1 atom stereocenters. The minimum absolute atomic E-state index is 0.0620. The van der Waals surface area contributed by atoms with Crippen LogP contribution >= 0.6 is 11.3 Å². The highest BCUT2D eigenvalue weighted by atomic mass is 32.1. The fourth-order valence-electron chi connectivity index (χ4n) is 4.93. The number of carboxylic acids is 1. The van der Waals surface area contributed by atoms with Crippen molar-refractivity contribution in [1.29, 1.82) is 0 Å². The summed E-state index contributed by atoms with van der Waals surface area (Å²) in [6.07, 6.45) is 6.79. The Hall–Kier alpha value is -3.66. The predicted octanol–water partition coefficient (Wildman–Crippen LogP) is 5.03. The van der Waals surface area contributed by atoms with Gasteiger partial charge in [0.15, 0.2) is 10.9 Å². The Kier molecular flexibility index (Phi) is 7.51. The summed E-state index contributed by atoms with van der Waals surface area (Å²) in [6, 6.07) is 7.83. The fraction of sp³-hybridized carbons (Fsp3) is 0.429. The molecule has 2 fully saturated rings. The third-order valence-corrected chi connectivity index (χ3v) is 7.68. The summed E-state index contributed by atoms with van der Waals surface area (Å²) >= 11 is 1.39. The van der Waals surface area contributed by atoms with Gasteiger partial charge in [0.25, 0.3) is 0 Å². The van der Waals surface area contributed by atoms with Gasteiger partial charge in [0.1, 0.15) is 0 Å². The number of thiazole rings is 1. The maximum atomic E-state index is 13.6. The Morgan fingerprint density at radius 1 is 1.13 bits per heavy atom. The van der Waals surface area contributed by atoms with Crippen molar-refractivity contribution >= 4 is 40.1 Å². The lowest BCUT2D eigenvalue weighted by atomic mass is 9.93. The van der Waals surface area contributed by atoms with Crippen molar-refractivity contribution in [3.63, 3.8) is 0 Å². The molecule has 3 heterocycles. The van der Waals surface area contributed by atoms with E-state index in [1.165, 1.54) is 11.3 Å². The summed E-state index contributed by atoms with van der Waals surface area (Å²) in [4.78, 5) is 54.5. The van der Waals surface area contributed by atoms with Crippen molar-refractivity contribution in [2.75, 3.05) is 16.3 Å². The average molecular weight is 534 g/mol. The molecule has 0 bridgehead atoms. The Labute approximate surface area is 225 Å². The molecule has 1 aliphatic carbocycles. The molecule has 198 valence electrons. The maximum Gasteiger partial charge on any atom is 0.304 e. The van der Waals surface area contributed by atoms with Crippen LogP contribution in [0.1, 0.15) is 52.4 Å². The third-order valence-electron chi connectivity index (χ3n) is 6.84. The van der Waals surface area contributed by atoms with E-state index in [-0.39, 0.29) is 30.2 Å². The van der Waals surface area contributed by atoms with E-state index in [1.54, 1.807) is 22.2 Å². The molecular formula is C28H31N5O4S. The highest BCUT2D eigenvalue weighted by Gasteiger charge is 2.39. The van der Waals surface area contributed by atoms with Gasteiger partial charge in [-0.05, 0) is 31.6 Å². The number of carboxylic acid groups (broad SMARTS) is 1. The monoisotopic (exact) mass is 533 g/mol. The lowest BCUT2D eigenvalue weighted by molar-refractivity contribution is -0.140. The topological polar surface area (TPSA) is 117 Å². The number of aliphatic carboxylic acids is 1. The van der Waals surface area contributed by atoms with Crippen molar-refractivity contribution in [3.05, 3.63) is 42.0 Å². The van der Waals surface area contributed by atoms with Gasteiger partial charge in [-0.15, -0.1) is 11.3 Å². The molecule has 1 aliphatic heterocycles. The molecule has 2 aromatic heterocycles. The van der Waals surface area contributed by atoms with Crippen LogP contribution in [0, 0.1) is 11.8 Å². The minimum atomic E-state index is -0.963. The van der Waals surface area contributed by atoms with Crippen LogP contribution < -0.4 is 9.80 Å². The van der Waals surface area contributed by atoms with E-state index in [2.05, 4.69) is 9.97 Å². The molecule has 5 rings (SSSR count). The first kappa shape index (κ1) is 26.0. The van der Waals surface area contributed by atoms with Gasteiger partial charge >= 0.3 is 5.97 Å². The molecule has 3 aromatic rings. The first-order valence-corrected chi connectivity index (χ1v) is 13.9. The van der Waals surface area contributed by atoms with Crippen molar-refractivity contribution in [2.24, 2.45) is 11.8 Å². The van der Waals surface area contributed by atoms with Gasteiger partial charge in [-0.25, -0.2) is 9.97 Å². The molecule has 0 radical (unpaired) electrons. The van der Waals surface area contributed by atoms with Gasteiger partial charge in [0.2, 0.25) is 11.8 Å². The standard InChI is InChI=1S/C28H31N5O4S/c1-17(2)12-18(13-26(35)36)27(37)33(19-9-10-19)28-31-23(16-38-28)21-7-4-3-6-20(21)22-14-30-24(15-29-22)32-11-5-8-25(32)34/h3-4,6-7,14-19H,5,8-13H2,1-2H3,(H,35,36). The zero-order chi connectivity index (χ0) is 26.8. The number of anilines is 2. The highest BCUT2D eigenvalue weighted by Crippen LogP contribution is 2.39. The number of carbonyl (C=O) groups is 3. The van der Waals surface area contributed by atoms with Crippen molar-refractivity contribution in [2.45, 2.75) is 58.4 Å². The summed E-state index contributed by atoms with van der Waals surface area (Å²) in [5, 5.41) is 11.9. The molecule has 1 unspecified atom stereocenters. The number of amides is 2. The molecule has 2 aliphatic rings. The van der Waals surface area contributed by atoms with Crippen LogP contribution in [0.2, 0.25) is 0 Å². The smallest absolute Gasteiger partial charge is 0.304 e. The second-order valence-corrected chi connectivity index (χ2v) is 11.2. The number of nitrogens with zero attached hydrogens (tertiary/aromatic N) is 5. The van der Waals surface area contributed by atoms with Crippen LogP contribution in [0.5, 0.6) is 0 Å². The normalized spacial score (nSPS) is 16.2. The summed E-state index contributed by atoms with van der Waals surface area (Å²) in [5.74, 6) is -0.870. The molecular weight excluding hydrogens is 502 g/mol. The van der Waals surface area contributed by atoms with E-state index >= 15 is 0 Å². The first-order valence-electron chi connectivity index (χ1n) is 13.0. The Morgan fingerprint density at radius 2 is 1.87 bits per heavy atom. The van der Waals surface area contributed by atoms with Crippen LogP contribution in [0.15, 0.2) is 42.0 Å². The molecule has 9 nitrogen and oxygen atoms in total. The largest absolute Gasteiger partial charge is 0.481 e. The second-order valence-electron chi connectivity index (χ2n) is 10.3. The molecule has 1 aromatic carbocycles. The summed E-state index contributed by atoms with van der Waals surface area (Å²) in [7, 11) is 0. The van der Waals surface area contributed by atoms with E-state index in [0.29, 0.717) is 36.0 Å². The number of rotatable bonds is 10. The molecule has 2 amide bonds. The van der Waals surface area contributed by atoms with Crippen molar-refractivity contribution in [3.8, 4) is 22.5 Å². The lowest BCUT2D eigenvalue weighted by Gasteiger charge is -2.25. The van der Waals surface area contributed by atoms with Gasteiger partial charge in [-0.1, -0.05) is 38.1 Å². The molecule has 0 spiro atoms. The van der Waals surface area contributed by atoms with Gasteiger partial charge in [-0.3, -0.25) is 29.2 Å². The van der Waals surface area contributed by atoms with Crippen molar-refractivity contribution in [1.82, 2.24) is 15.0 Å². The molecule has 1 saturated carbocycles. The van der Waals surface area contributed by atoms with E-state index in [0.717, 1.165) is 36.1 Å². The minimum Gasteiger partial charge on any atom is -0.481 e. The van der Waals surface area contributed by atoms with Crippen LogP contribution in [-0.4, -0.2) is 50.4 Å². The van der Waals surface area contributed by atoms with Crippen LogP contribution in [0.25, 0.3) is 22.5 Å². The third kappa shape index (κ3) is 5.60. The van der Waals surface area contributed by atoms with Gasteiger partial charge in [0, 0.05) is 41.4 Å². The fourth-order valence-corrected chi connectivity index (χ4v) is 5.83. The number of aromatic nitrogens is 3. The highest BCUT2D eigenvalue weighted by molar-refractivity contribution is 7.14. The molecule has 1 saturated heterocycles. The Bertz CT molecular complexity index is 1340. The SMILES string of the molecule is CC(C)CC(CC(=O)O)C(=O)N(c1nc(-c2ccccc2-c2cnc(N3CCCC3=O)cn2)cs1)C1CC1. The Morgan fingerprint density at radius 3 is 2.45 bits per heavy atom. The number of benzene rings is 1. The average Bonchev–Trinajstić information content (AvgIpc) is 3.44. The van der Waals surface area contributed by atoms with E-state index in [1.807, 2.05) is 43.5 Å². The zero-order valence-corrected chi connectivity index (χ0v) is 22.4. The Balaban J connectivity index is 1.42. The molecule has 38 heavy (non-hydrogen) atoms. The second kappa shape index (κ2) is 11.0. The maximum absolute atomic E-state index is 13.6. The predicted molar refractivity (Wildman–Crippen MR) is 146 cm³/mol. The van der Waals surface area contributed by atoms with Crippen LogP contribution in [0.4, 0.5) is 10.9 Å². The summed E-state index contributed by atoms with van der Waals surface area (Å²) < 4.78 is 0. The van der Waals surface area contributed by atoms with E-state index < -0.39 is 11.9 Å². The lowest BCUT2D eigenvalue weighted by Crippen LogP contribution is -2.39. The van der Waals surface area contributed by atoms with Gasteiger partial charge < -0.3 is 5.11 Å². The first-order chi connectivity index (χ1) is 18.3. The van der Waals surface area contributed by atoms with Crippen LogP contribution in [-0.2, 0) is 14.4 Å². The van der Waals surface area contributed by atoms with E-state index in [9.17, 15) is 19.5 Å². The quantitative estimate of drug-likeness (QED) is 0.389. The molecule has 10 heteroatoms. The van der Waals surface area contributed by atoms with Gasteiger partial charge in [-0.2, -0.15) is 0 Å². The molecule has 1 N–H and O–H groups in total. The van der Waals surface area contributed by atoms with Crippen LogP contribution in [0.3, 0.4) is 0 Å². The number of hydrogen-bond donors (Lipinski definition) is 1. The zero-order valence-electron chi connectivity index (χ0n) is 21.5. The van der Waals surface area contributed by atoms with Gasteiger partial charge in [0.05, 0.1) is 30.2 Å². The number of carbonyl (C=O) groups excluding carboxylic acids is 2. The summed E-state index contributed by atoms with van der Waals surface area (Å²) in [6.45, 7) is 4.66.